The average Bonchev–Trinajstić information content (AvgIpc) is 2.57. The van der Waals surface area contributed by atoms with Gasteiger partial charge >= 0.3 is 7.12 Å². The highest BCUT2D eigenvalue weighted by atomic mass is 79.9. The van der Waals surface area contributed by atoms with Crippen molar-refractivity contribution >= 4 is 28.5 Å². The van der Waals surface area contributed by atoms with Crippen LogP contribution >= 0.6 is 15.9 Å². The molecule has 0 saturated carbocycles. The van der Waals surface area contributed by atoms with Gasteiger partial charge in [-0.2, -0.15) is 5.26 Å². The van der Waals surface area contributed by atoms with Gasteiger partial charge in [-0.05, 0) is 50.9 Å². The summed E-state index contributed by atoms with van der Waals surface area (Å²) in [6.07, 6.45) is 0. The van der Waals surface area contributed by atoms with Crippen LogP contribution in [0.5, 0.6) is 0 Å². The van der Waals surface area contributed by atoms with E-state index in [-0.39, 0.29) is 18.3 Å². The largest absolute Gasteiger partial charge is 0.495 e. The Bertz CT molecular complexity index is 521. The summed E-state index contributed by atoms with van der Waals surface area (Å²) in [6, 6.07) is 7.73. The summed E-state index contributed by atoms with van der Waals surface area (Å²) >= 11 is 3.46. The number of halogens is 1. The van der Waals surface area contributed by atoms with Gasteiger partial charge in [-0.15, -0.1) is 0 Å². The number of alkyl halides is 1. The fraction of sp³-hybridized carbons (Fsp3) is 0.500. The SMILES string of the molecule is CC1(C)OB(c2ccc(C#N)cc2CBr)OC1(C)C. The second-order valence-corrected chi connectivity index (χ2v) is 6.31. The van der Waals surface area contributed by atoms with Gasteiger partial charge in [-0.25, -0.2) is 0 Å². The van der Waals surface area contributed by atoms with Crippen LogP contribution in [0, 0.1) is 11.3 Å². The molecule has 0 unspecified atom stereocenters. The molecule has 100 valence electrons. The monoisotopic (exact) mass is 321 g/mol. The van der Waals surface area contributed by atoms with Gasteiger partial charge in [0.25, 0.3) is 0 Å². The Morgan fingerprint density at radius 3 is 2.26 bits per heavy atom. The minimum Gasteiger partial charge on any atom is -0.399 e. The van der Waals surface area contributed by atoms with Gasteiger partial charge < -0.3 is 9.31 Å². The maximum Gasteiger partial charge on any atom is 0.495 e. The first-order valence-electron chi connectivity index (χ1n) is 6.25. The van der Waals surface area contributed by atoms with Crippen molar-refractivity contribution < 1.29 is 9.31 Å². The molecule has 1 saturated heterocycles. The van der Waals surface area contributed by atoms with Crippen LogP contribution in [0.15, 0.2) is 18.2 Å². The van der Waals surface area contributed by atoms with Gasteiger partial charge in [0.05, 0.1) is 22.8 Å². The fourth-order valence-corrected chi connectivity index (χ4v) is 2.48. The highest BCUT2D eigenvalue weighted by Crippen LogP contribution is 2.36. The molecule has 19 heavy (non-hydrogen) atoms. The summed E-state index contributed by atoms with van der Waals surface area (Å²) in [5.41, 5.74) is 1.95. The van der Waals surface area contributed by atoms with Gasteiger partial charge in [-0.1, -0.05) is 22.0 Å². The molecule has 1 aliphatic heterocycles. The molecule has 1 aromatic rings. The molecular formula is C14H17BBrNO2. The third kappa shape index (κ3) is 2.58. The first-order valence-corrected chi connectivity index (χ1v) is 7.37. The second kappa shape index (κ2) is 4.94. The normalized spacial score (nSPS) is 20.3. The maximum absolute atomic E-state index is 8.95. The van der Waals surface area contributed by atoms with E-state index < -0.39 is 0 Å². The predicted molar refractivity (Wildman–Crippen MR) is 79.5 cm³/mol. The minimum absolute atomic E-state index is 0.352. The van der Waals surface area contributed by atoms with Crippen molar-refractivity contribution in [3.63, 3.8) is 0 Å². The molecule has 3 nitrogen and oxygen atoms in total. The molecular weight excluding hydrogens is 305 g/mol. The smallest absolute Gasteiger partial charge is 0.399 e. The van der Waals surface area contributed by atoms with E-state index >= 15 is 0 Å². The molecule has 1 fully saturated rings. The summed E-state index contributed by atoms with van der Waals surface area (Å²) in [6.45, 7) is 8.13. The van der Waals surface area contributed by atoms with Crippen LogP contribution in [0.25, 0.3) is 0 Å². The number of benzene rings is 1. The zero-order chi connectivity index (χ0) is 14.3. The molecule has 0 atom stereocenters. The zero-order valence-corrected chi connectivity index (χ0v) is 13.2. The molecule has 0 spiro atoms. The van der Waals surface area contributed by atoms with Crippen LogP contribution in [0.1, 0.15) is 38.8 Å². The lowest BCUT2D eigenvalue weighted by atomic mass is 9.76. The Morgan fingerprint density at radius 1 is 1.21 bits per heavy atom. The molecule has 0 amide bonds. The standard InChI is InChI=1S/C14H17BBrNO2/c1-13(2)14(3,4)19-15(18-13)12-6-5-10(9-17)7-11(12)8-16/h5-7H,8H2,1-4H3. The Kier molecular flexibility index (Phi) is 3.79. The molecule has 5 heteroatoms. The molecule has 1 aliphatic rings. The van der Waals surface area contributed by atoms with Crippen molar-refractivity contribution in [2.75, 3.05) is 0 Å². The van der Waals surface area contributed by atoms with Gasteiger partial charge in [-0.3, -0.25) is 0 Å². The lowest BCUT2D eigenvalue weighted by molar-refractivity contribution is 0.00578. The van der Waals surface area contributed by atoms with Crippen molar-refractivity contribution in [3.8, 4) is 6.07 Å². The topological polar surface area (TPSA) is 42.2 Å². The van der Waals surface area contributed by atoms with Crippen molar-refractivity contribution in [2.45, 2.75) is 44.2 Å². The molecule has 0 bridgehead atoms. The van der Waals surface area contributed by atoms with Gasteiger partial charge in [0.15, 0.2) is 0 Å². The zero-order valence-electron chi connectivity index (χ0n) is 11.7. The first kappa shape index (κ1) is 14.6. The van der Waals surface area contributed by atoms with Crippen LogP contribution in [0.4, 0.5) is 0 Å². The number of nitrogens with zero attached hydrogens (tertiary/aromatic N) is 1. The van der Waals surface area contributed by atoms with Crippen LogP contribution < -0.4 is 5.46 Å². The second-order valence-electron chi connectivity index (χ2n) is 5.75. The van der Waals surface area contributed by atoms with E-state index in [0.717, 1.165) is 11.0 Å². The fourth-order valence-electron chi connectivity index (χ4n) is 1.99. The van der Waals surface area contributed by atoms with E-state index in [4.69, 9.17) is 14.6 Å². The lowest BCUT2D eigenvalue weighted by Gasteiger charge is -2.32. The summed E-state index contributed by atoms with van der Waals surface area (Å²) in [5.74, 6) is 0. The lowest BCUT2D eigenvalue weighted by Crippen LogP contribution is -2.41. The molecule has 1 aromatic carbocycles. The molecule has 0 radical (unpaired) electrons. The van der Waals surface area contributed by atoms with Gasteiger partial charge in [0, 0.05) is 5.33 Å². The van der Waals surface area contributed by atoms with E-state index in [9.17, 15) is 0 Å². The van der Waals surface area contributed by atoms with E-state index in [1.54, 1.807) is 6.07 Å². The van der Waals surface area contributed by atoms with Gasteiger partial charge in [0.2, 0.25) is 0 Å². The molecule has 1 heterocycles. The third-order valence-corrected chi connectivity index (χ3v) is 4.53. The van der Waals surface area contributed by atoms with E-state index in [2.05, 4.69) is 22.0 Å². The van der Waals surface area contributed by atoms with Crippen molar-refractivity contribution in [2.24, 2.45) is 0 Å². The molecule has 0 aromatic heterocycles. The Morgan fingerprint density at radius 2 is 1.79 bits per heavy atom. The summed E-state index contributed by atoms with van der Waals surface area (Å²) in [7, 11) is -0.384. The molecule has 0 aliphatic carbocycles. The van der Waals surface area contributed by atoms with Crippen LogP contribution in [-0.4, -0.2) is 18.3 Å². The molecule has 0 N–H and O–H groups in total. The van der Waals surface area contributed by atoms with Crippen LogP contribution in [0.3, 0.4) is 0 Å². The van der Waals surface area contributed by atoms with Crippen molar-refractivity contribution in [3.05, 3.63) is 29.3 Å². The Hall–Kier alpha value is -0.825. The third-order valence-electron chi connectivity index (χ3n) is 3.92. The maximum atomic E-state index is 8.95. The average molecular weight is 322 g/mol. The van der Waals surface area contributed by atoms with E-state index in [0.29, 0.717) is 10.9 Å². The van der Waals surface area contributed by atoms with Crippen molar-refractivity contribution in [1.29, 1.82) is 5.26 Å². The highest BCUT2D eigenvalue weighted by Gasteiger charge is 2.52. The number of hydrogen-bond donors (Lipinski definition) is 0. The number of rotatable bonds is 2. The minimum atomic E-state index is -0.384. The van der Waals surface area contributed by atoms with Crippen LogP contribution in [0.2, 0.25) is 0 Å². The molecule has 2 rings (SSSR count). The Balaban J connectivity index is 2.37. The van der Waals surface area contributed by atoms with Crippen molar-refractivity contribution in [1.82, 2.24) is 0 Å². The quantitative estimate of drug-likeness (QED) is 0.621. The number of nitriles is 1. The van der Waals surface area contributed by atoms with Crippen LogP contribution in [-0.2, 0) is 14.6 Å². The summed E-state index contributed by atoms with van der Waals surface area (Å²) in [5, 5.41) is 9.62. The summed E-state index contributed by atoms with van der Waals surface area (Å²) in [4.78, 5) is 0. The van der Waals surface area contributed by atoms with E-state index in [1.165, 1.54) is 0 Å². The Labute approximate surface area is 123 Å². The highest BCUT2D eigenvalue weighted by molar-refractivity contribution is 9.08. The summed E-state index contributed by atoms with van der Waals surface area (Å²) < 4.78 is 12.1. The predicted octanol–water partition coefficient (Wildman–Crippen LogP) is 2.75. The van der Waals surface area contributed by atoms with E-state index in [1.807, 2.05) is 39.8 Å². The first-order chi connectivity index (χ1) is 8.80. The number of hydrogen-bond acceptors (Lipinski definition) is 3. The van der Waals surface area contributed by atoms with Gasteiger partial charge in [0.1, 0.15) is 0 Å².